The highest BCUT2D eigenvalue weighted by Gasteiger charge is 2.09. The van der Waals surface area contributed by atoms with E-state index in [1.807, 2.05) is 6.07 Å². The second kappa shape index (κ2) is 10.5. The number of unbranched alkanes of at least 4 members (excludes halogenated alkanes) is 5. The van der Waals surface area contributed by atoms with Crippen molar-refractivity contribution in [2.45, 2.75) is 58.4 Å². The van der Waals surface area contributed by atoms with E-state index in [4.69, 9.17) is 9.47 Å². The van der Waals surface area contributed by atoms with Crippen LogP contribution in [0.15, 0.2) is 18.2 Å². The summed E-state index contributed by atoms with van der Waals surface area (Å²) in [6, 6.07) is 6.45. The third-order valence-electron chi connectivity index (χ3n) is 3.89. The Kier molecular flexibility index (Phi) is 8.91. The van der Waals surface area contributed by atoms with E-state index < -0.39 is 0 Å². The van der Waals surface area contributed by atoms with Crippen molar-refractivity contribution in [3.63, 3.8) is 0 Å². The summed E-state index contributed by atoms with van der Waals surface area (Å²) in [4.78, 5) is 0. The molecule has 0 aliphatic carbocycles. The number of hydrogen-bond donors (Lipinski definition) is 1. The van der Waals surface area contributed by atoms with Gasteiger partial charge in [-0.05, 0) is 37.6 Å². The van der Waals surface area contributed by atoms with E-state index >= 15 is 0 Å². The maximum atomic E-state index is 5.35. The van der Waals surface area contributed by atoms with Gasteiger partial charge in [0.05, 0.1) is 14.2 Å². The highest BCUT2D eigenvalue weighted by Crippen LogP contribution is 2.29. The third kappa shape index (κ3) is 6.38. The highest BCUT2D eigenvalue weighted by molar-refractivity contribution is 5.43. The zero-order valence-corrected chi connectivity index (χ0v) is 14.1. The molecule has 0 aromatic heterocycles. The highest BCUT2D eigenvalue weighted by atomic mass is 16.5. The Morgan fingerprint density at radius 2 is 1.62 bits per heavy atom. The van der Waals surface area contributed by atoms with E-state index in [2.05, 4.69) is 31.3 Å². The van der Waals surface area contributed by atoms with E-state index in [-0.39, 0.29) is 0 Å². The summed E-state index contributed by atoms with van der Waals surface area (Å²) in [5, 5.41) is 3.58. The third-order valence-corrected chi connectivity index (χ3v) is 3.89. The van der Waals surface area contributed by atoms with Crippen LogP contribution in [0, 0.1) is 0 Å². The lowest BCUT2D eigenvalue weighted by Gasteiger charge is -2.16. The molecule has 3 heteroatoms. The van der Waals surface area contributed by atoms with Gasteiger partial charge in [-0.25, -0.2) is 0 Å². The van der Waals surface area contributed by atoms with Crippen molar-refractivity contribution in [2.24, 2.45) is 0 Å². The summed E-state index contributed by atoms with van der Waals surface area (Å²) in [6.07, 6.45) is 8.00. The predicted octanol–water partition coefficient (Wildman–Crippen LogP) is 4.71. The second-order valence-corrected chi connectivity index (χ2v) is 5.56. The topological polar surface area (TPSA) is 30.5 Å². The van der Waals surface area contributed by atoms with Gasteiger partial charge in [0.15, 0.2) is 11.5 Å². The Labute approximate surface area is 130 Å². The predicted molar refractivity (Wildman–Crippen MR) is 89.3 cm³/mol. The molecule has 0 saturated heterocycles. The average molecular weight is 293 g/mol. The molecule has 0 saturated carbocycles. The van der Waals surface area contributed by atoms with Gasteiger partial charge in [0, 0.05) is 6.04 Å². The first-order valence-corrected chi connectivity index (χ1v) is 8.18. The monoisotopic (exact) mass is 293 g/mol. The fraction of sp³-hybridized carbons (Fsp3) is 0.667. The molecule has 1 rings (SSSR count). The van der Waals surface area contributed by atoms with Crippen molar-refractivity contribution in [1.29, 1.82) is 0 Å². The van der Waals surface area contributed by atoms with Gasteiger partial charge in [-0.1, -0.05) is 45.1 Å². The smallest absolute Gasteiger partial charge is 0.161 e. The fourth-order valence-corrected chi connectivity index (χ4v) is 2.46. The number of hydrogen-bond acceptors (Lipinski definition) is 3. The van der Waals surface area contributed by atoms with Crippen LogP contribution in [0.25, 0.3) is 0 Å². The molecule has 0 aliphatic heterocycles. The quantitative estimate of drug-likeness (QED) is 0.599. The van der Waals surface area contributed by atoms with E-state index in [0.717, 1.165) is 18.0 Å². The lowest BCUT2D eigenvalue weighted by molar-refractivity contribution is 0.354. The summed E-state index contributed by atoms with van der Waals surface area (Å²) in [6.45, 7) is 5.52. The molecule has 1 unspecified atom stereocenters. The molecular formula is C18H31NO2. The van der Waals surface area contributed by atoms with Crippen LogP contribution in [0.1, 0.15) is 64.0 Å². The number of ether oxygens (including phenoxy) is 2. The van der Waals surface area contributed by atoms with Gasteiger partial charge in [-0.2, -0.15) is 0 Å². The zero-order valence-electron chi connectivity index (χ0n) is 14.1. The van der Waals surface area contributed by atoms with Crippen LogP contribution in [0.3, 0.4) is 0 Å². The number of methoxy groups -OCH3 is 2. The van der Waals surface area contributed by atoms with Crippen LogP contribution < -0.4 is 14.8 Å². The van der Waals surface area contributed by atoms with Crippen molar-refractivity contribution < 1.29 is 9.47 Å². The first-order chi connectivity index (χ1) is 10.2. The molecular weight excluding hydrogens is 262 g/mol. The van der Waals surface area contributed by atoms with E-state index in [1.165, 1.54) is 44.1 Å². The molecule has 0 spiro atoms. The van der Waals surface area contributed by atoms with Crippen molar-refractivity contribution >= 4 is 0 Å². The molecule has 0 fully saturated rings. The Balaban J connectivity index is 2.33. The van der Waals surface area contributed by atoms with E-state index in [1.54, 1.807) is 14.2 Å². The molecule has 1 aromatic rings. The van der Waals surface area contributed by atoms with Crippen LogP contribution in [0.4, 0.5) is 0 Å². The summed E-state index contributed by atoms with van der Waals surface area (Å²) in [5.41, 5.74) is 1.23. The lowest BCUT2D eigenvalue weighted by atomic mass is 10.1. The van der Waals surface area contributed by atoms with Crippen LogP contribution in [0.2, 0.25) is 0 Å². The molecule has 0 heterocycles. The maximum absolute atomic E-state index is 5.35. The van der Waals surface area contributed by atoms with Gasteiger partial charge in [0.25, 0.3) is 0 Å². The molecule has 0 amide bonds. The molecule has 0 bridgehead atoms. The van der Waals surface area contributed by atoms with Gasteiger partial charge < -0.3 is 14.8 Å². The molecule has 21 heavy (non-hydrogen) atoms. The number of benzene rings is 1. The maximum Gasteiger partial charge on any atom is 0.161 e. The molecule has 1 aromatic carbocycles. The van der Waals surface area contributed by atoms with Crippen molar-refractivity contribution in [2.75, 3.05) is 20.8 Å². The molecule has 3 nitrogen and oxygen atoms in total. The standard InChI is InChI=1S/C18H31NO2/c1-5-6-7-8-9-10-13-19-15(2)16-11-12-17(20-3)18(14-16)21-4/h11-12,14-15,19H,5-10,13H2,1-4H3. The number of rotatable bonds is 11. The van der Waals surface area contributed by atoms with E-state index in [0.29, 0.717) is 6.04 Å². The van der Waals surface area contributed by atoms with Gasteiger partial charge in [-0.15, -0.1) is 0 Å². The molecule has 0 radical (unpaired) electrons. The van der Waals surface area contributed by atoms with Gasteiger partial charge in [0.2, 0.25) is 0 Å². The fourth-order valence-electron chi connectivity index (χ4n) is 2.46. The number of nitrogens with one attached hydrogen (secondary N) is 1. The largest absolute Gasteiger partial charge is 0.493 e. The summed E-state index contributed by atoms with van der Waals surface area (Å²) in [5.74, 6) is 1.58. The summed E-state index contributed by atoms with van der Waals surface area (Å²) < 4.78 is 10.6. The minimum atomic E-state index is 0.334. The summed E-state index contributed by atoms with van der Waals surface area (Å²) in [7, 11) is 3.34. The van der Waals surface area contributed by atoms with E-state index in [9.17, 15) is 0 Å². The van der Waals surface area contributed by atoms with Crippen molar-refractivity contribution in [1.82, 2.24) is 5.32 Å². The minimum absolute atomic E-state index is 0.334. The van der Waals surface area contributed by atoms with Crippen LogP contribution in [-0.2, 0) is 0 Å². The van der Waals surface area contributed by atoms with Gasteiger partial charge >= 0.3 is 0 Å². The lowest BCUT2D eigenvalue weighted by Crippen LogP contribution is -2.19. The summed E-state index contributed by atoms with van der Waals surface area (Å²) >= 11 is 0. The van der Waals surface area contributed by atoms with Crippen molar-refractivity contribution in [3.8, 4) is 11.5 Å². The zero-order chi connectivity index (χ0) is 15.5. The first kappa shape index (κ1) is 17.8. The van der Waals surface area contributed by atoms with Gasteiger partial charge in [-0.3, -0.25) is 0 Å². The SMILES string of the molecule is CCCCCCCCNC(C)c1ccc(OC)c(OC)c1. The molecule has 120 valence electrons. The molecule has 1 N–H and O–H groups in total. The Morgan fingerprint density at radius 1 is 0.952 bits per heavy atom. The minimum Gasteiger partial charge on any atom is -0.493 e. The van der Waals surface area contributed by atoms with Gasteiger partial charge in [0.1, 0.15) is 0 Å². The normalized spacial score (nSPS) is 12.2. The molecule has 0 aliphatic rings. The Hall–Kier alpha value is -1.22. The Bertz CT molecular complexity index is 393. The molecule has 1 atom stereocenters. The van der Waals surface area contributed by atoms with Crippen LogP contribution in [0.5, 0.6) is 11.5 Å². The first-order valence-electron chi connectivity index (χ1n) is 8.18. The van der Waals surface area contributed by atoms with Crippen LogP contribution in [-0.4, -0.2) is 20.8 Å². The second-order valence-electron chi connectivity index (χ2n) is 5.56. The Morgan fingerprint density at radius 3 is 2.29 bits per heavy atom. The van der Waals surface area contributed by atoms with Crippen molar-refractivity contribution in [3.05, 3.63) is 23.8 Å². The van der Waals surface area contributed by atoms with Crippen LogP contribution >= 0.6 is 0 Å². The average Bonchev–Trinajstić information content (AvgIpc) is 2.53.